The molecule has 136 valence electrons. The van der Waals surface area contributed by atoms with Crippen LogP contribution in [0.15, 0.2) is 35.3 Å². The molecular weight excluding hydrogens is 338 g/mol. The number of pyridine rings is 1. The third-order valence-corrected chi connectivity index (χ3v) is 4.49. The zero-order valence-corrected chi connectivity index (χ0v) is 14.1. The number of nitrogens with zero attached hydrogens (tertiary/aromatic N) is 4. The van der Waals surface area contributed by atoms with Crippen LogP contribution in [0.4, 0.5) is 5.82 Å². The second kappa shape index (κ2) is 6.85. The molecule has 0 radical (unpaired) electrons. The number of carbonyl (C=O) groups excluding carboxylic acids is 1. The Morgan fingerprint density at radius 2 is 2.12 bits per heavy atom. The van der Waals surface area contributed by atoms with Crippen molar-refractivity contribution in [3.05, 3.63) is 40.8 Å². The van der Waals surface area contributed by atoms with Crippen molar-refractivity contribution in [3.63, 3.8) is 0 Å². The number of morpholine rings is 1. The number of hydrogen-bond acceptors (Lipinski definition) is 7. The summed E-state index contributed by atoms with van der Waals surface area (Å²) in [5, 5.41) is 4.19. The van der Waals surface area contributed by atoms with Crippen LogP contribution < -0.4 is 16.2 Å². The van der Waals surface area contributed by atoms with E-state index in [1.807, 2.05) is 12.1 Å². The molecule has 0 spiro atoms. The Kier molecular flexibility index (Phi) is 4.39. The molecule has 26 heavy (non-hydrogen) atoms. The van der Waals surface area contributed by atoms with Crippen molar-refractivity contribution in [2.75, 3.05) is 31.3 Å². The molecule has 5 rings (SSSR count). The van der Waals surface area contributed by atoms with Gasteiger partial charge in [-0.15, -0.1) is 0 Å². The summed E-state index contributed by atoms with van der Waals surface area (Å²) >= 11 is 0. The van der Waals surface area contributed by atoms with E-state index in [0.29, 0.717) is 25.5 Å². The largest absolute Gasteiger partial charge is 0.376 e. The summed E-state index contributed by atoms with van der Waals surface area (Å²) in [7, 11) is 0. The second-order valence-electron chi connectivity index (χ2n) is 6.38. The van der Waals surface area contributed by atoms with Crippen LogP contribution in [-0.4, -0.2) is 59.2 Å². The van der Waals surface area contributed by atoms with Crippen molar-refractivity contribution in [1.29, 1.82) is 0 Å². The molecule has 2 bridgehead atoms. The lowest BCUT2D eigenvalue weighted by atomic mass is 10.1. The van der Waals surface area contributed by atoms with Crippen molar-refractivity contribution >= 4 is 11.7 Å². The minimum atomic E-state index is -0.620. The van der Waals surface area contributed by atoms with E-state index >= 15 is 0 Å². The molecule has 9 nitrogen and oxygen atoms in total. The van der Waals surface area contributed by atoms with Crippen LogP contribution >= 0.6 is 0 Å². The van der Waals surface area contributed by atoms with Crippen LogP contribution in [0, 0.1) is 0 Å². The molecule has 2 unspecified atom stereocenters. The summed E-state index contributed by atoms with van der Waals surface area (Å²) in [6, 6.07) is 6.93. The predicted octanol–water partition coefficient (Wildman–Crippen LogP) is -0.605. The first kappa shape index (κ1) is 16.7. The first-order valence-electron chi connectivity index (χ1n) is 8.39. The lowest BCUT2D eigenvalue weighted by Crippen LogP contribution is -2.49. The van der Waals surface area contributed by atoms with Gasteiger partial charge >= 0.3 is 0 Å². The fourth-order valence-electron chi connectivity index (χ4n) is 3.18. The maximum atomic E-state index is 11.8. The molecule has 2 aromatic rings. The third-order valence-electron chi connectivity index (χ3n) is 4.49. The predicted molar refractivity (Wildman–Crippen MR) is 92.6 cm³/mol. The van der Waals surface area contributed by atoms with Gasteiger partial charge in [-0.3, -0.25) is 9.59 Å². The summed E-state index contributed by atoms with van der Waals surface area (Å²) in [6.07, 6.45) is 1.77. The molecule has 9 heteroatoms. The molecule has 0 aromatic carbocycles. The van der Waals surface area contributed by atoms with Crippen molar-refractivity contribution in [2.24, 2.45) is 5.73 Å². The molecule has 5 heterocycles. The van der Waals surface area contributed by atoms with Gasteiger partial charge in [0.1, 0.15) is 12.4 Å². The first-order chi connectivity index (χ1) is 12.6. The van der Waals surface area contributed by atoms with E-state index in [0.717, 1.165) is 22.6 Å². The van der Waals surface area contributed by atoms with Gasteiger partial charge < -0.3 is 20.1 Å². The topological polar surface area (TPSA) is 113 Å². The Labute approximate surface area is 149 Å². The van der Waals surface area contributed by atoms with E-state index in [4.69, 9.17) is 15.2 Å². The fourth-order valence-corrected chi connectivity index (χ4v) is 3.18. The number of primary amides is 1. The SMILES string of the molecule is NC(=O)Cn1nc(-c2ccc(N3CC4COCC3CO4)nc2)ccc1=O. The number of rotatable bonds is 4. The zero-order chi connectivity index (χ0) is 18.1. The summed E-state index contributed by atoms with van der Waals surface area (Å²) in [5.41, 5.74) is 6.07. The summed E-state index contributed by atoms with van der Waals surface area (Å²) in [4.78, 5) is 29.6. The van der Waals surface area contributed by atoms with Gasteiger partial charge in [0.15, 0.2) is 0 Å². The molecule has 3 aliphatic heterocycles. The van der Waals surface area contributed by atoms with Gasteiger partial charge in [-0.25, -0.2) is 9.67 Å². The van der Waals surface area contributed by atoms with Crippen molar-refractivity contribution < 1.29 is 14.3 Å². The lowest BCUT2D eigenvalue weighted by molar-refractivity contribution is -0.118. The molecule has 0 aliphatic carbocycles. The molecule has 0 saturated carbocycles. The molecule has 2 aromatic heterocycles. The molecule has 1 amide bonds. The number of amides is 1. The molecule has 2 N–H and O–H groups in total. The van der Waals surface area contributed by atoms with Crippen LogP contribution in [0.5, 0.6) is 0 Å². The Balaban J connectivity index is 1.58. The Bertz CT molecular complexity index is 862. The van der Waals surface area contributed by atoms with E-state index in [1.165, 1.54) is 6.07 Å². The molecule has 3 fully saturated rings. The van der Waals surface area contributed by atoms with E-state index in [9.17, 15) is 9.59 Å². The Hall–Kier alpha value is -2.78. The van der Waals surface area contributed by atoms with Gasteiger partial charge in [0.25, 0.3) is 5.56 Å². The van der Waals surface area contributed by atoms with Crippen molar-refractivity contribution in [1.82, 2.24) is 14.8 Å². The maximum absolute atomic E-state index is 11.8. The number of carbonyl (C=O) groups is 1. The van der Waals surface area contributed by atoms with Crippen LogP contribution in [0.25, 0.3) is 11.3 Å². The van der Waals surface area contributed by atoms with Gasteiger partial charge in [-0.05, 0) is 18.2 Å². The second-order valence-corrected chi connectivity index (χ2v) is 6.38. The number of fused-ring (bicyclic) bond motifs is 4. The van der Waals surface area contributed by atoms with Gasteiger partial charge in [-0.2, -0.15) is 5.10 Å². The quantitative estimate of drug-likeness (QED) is 0.777. The molecule has 2 atom stereocenters. The first-order valence-corrected chi connectivity index (χ1v) is 8.39. The average molecular weight is 357 g/mol. The van der Waals surface area contributed by atoms with Gasteiger partial charge in [0.2, 0.25) is 5.91 Å². The minimum Gasteiger partial charge on any atom is -0.376 e. The van der Waals surface area contributed by atoms with E-state index in [2.05, 4.69) is 15.0 Å². The third kappa shape index (κ3) is 3.31. The molecule has 3 saturated heterocycles. The van der Waals surface area contributed by atoms with Gasteiger partial charge in [0.05, 0.1) is 37.7 Å². The highest BCUT2D eigenvalue weighted by Crippen LogP contribution is 2.25. The normalized spacial score (nSPS) is 22.2. The summed E-state index contributed by atoms with van der Waals surface area (Å²) in [6.45, 7) is 2.36. The lowest BCUT2D eigenvalue weighted by Gasteiger charge is -2.36. The summed E-state index contributed by atoms with van der Waals surface area (Å²) in [5.74, 6) is 0.230. The standard InChI is InChI=1S/C17H19N5O4/c18-15(23)7-22-17(24)4-2-14(20-22)11-1-3-16(19-5-11)21-6-13-10-25-8-12(21)9-26-13/h1-5,12-13H,6-10H2,(H2,18,23). The Morgan fingerprint density at radius 3 is 2.88 bits per heavy atom. The smallest absolute Gasteiger partial charge is 0.267 e. The molecule has 3 aliphatic rings. The van der Waals surface area contributed by atoms with E-state index in [-0.39, 0.29) is 24.2 Å². The van der Waals surface area contributed by atoms with E-state index in [1.54, 1.807) is 12.3 Å². The highest BCUT2D eigenvalue weighted by atomic mass is 16.5. The fraction of sp³-hybridized carbons (Fsp3) is 0.412. The zero-order valence-electron chi connectivity index (χ0n) is 14.1. The van der Waals surface area contributed by atoms with Crippen LogP contribution in [0.3, 0.4) is 0 Å². The van der Waals surface area contributed by atoms with E-state index < -0.39 is 5.91 Å². The minimum absolute atomic E-state index is 0.0641. The van der Waals surface area contributed by atoms with Crippen molar-refractivity contribution in [3.8, 4) is 11.3 Å². The van der Waals surface area contributed by atoms with Crippen LogP contribution in [0.2, 0.25) is 0 Å². The number of anilines is 1. The van der Waals surface area contributed by atoms with Crippen LogP contribution in [-0.2, 0) is 20.8 Å². The Morgan fingerprint density at radius 1 is 1.23 bits per heavy atom. The monoisotopic (exact) mass is 357 g/mol. The maximum Gasteiger partial charge on any atom is 0.267 e. The van der Waals surface area contributed by atoms with Gasteiger partial charge in [-0.1, -0.05) is 0 Å². The number of aromatic nitrogens is 3. The summed E-state index contributed by atoms with van der Waals surface area (Å²) < 4.78 is 12.4. The van der Waals surface area contributed by atoms with Gasteiger partial charge in [0, 0.05) is 24.4 Å². The average Bonchev–Trinajstić information content (AvgIpc) is 2.99. The number of nitrogens with two attached hydrogens (primary N) is 1. The number of hydrogen-bond donors (Lipinski definition) is 1. The molecular formula is C17H19N5O4. The number of ether oxygens (including phenoxy) is 2. The highest BCUT2D eigenvalue weighted by Gasteiger charge is 2.33. The van der Waals surface area contributed by atoms with Crippen molar-refractivity contribution in [2.45, 2.75) is 18.7 Å². The van der Waals surface area contributed by atoms with Crippen LogP contribution in [0.1, 0.15) is 0 Å². The highest BCUT2D eigenvalue weighted by molar-refractivity contribution is 5.73.